The highest BCUT2D eigenvalue weighted by atomic mass is 16.7. The molecule has 0 amide bonds. The van der Waals surface area contributed by atoms with Crippen molar-refractivity contribution >= 4 is 17.5 Å². The second kappa shape index (κ2) is 8.09. The number of fused-ring (bicyclic) bond motifs is 3. The molecule has 0 saturated heterocycles. The largest absolute Gasteiger partial charge is 0.331 e. The van der Waals surface area contributed by atoms with Gasteiger partial charge in [0.2, 0.25) is 5.78 Å². The Morgan fingerprint density at radius 3 is 2.29 bits per heavy atom. The van der Waals surface area contributed by atoms with E-state index in [1.807, 2.05) is 25.1 Å². The lowest BCUT2D eigenvalue weighted by Crippen LogP contribution is -2.24. The van der Waals surface area contributed by atoms with Crippen LogP contribution in [0, 0.1) is 0 Å². The zero-order valence-electron chi connectivity index (χ0n) is 17.0. The summed E-state index contributed by atoms with van der Waals surface area (Å²) in [7, 11) is 0. The summed E-state index contributed by atoms with van der Waals surface area (Å²) in [4.78, 5) is 29.0. The van der Waals surface area contributed by atoms with E-state index >= 15 is 0 Å². The smallest absolute Gasteiger partial charge is 0.318 e. The van der Waals surface area contributed by atoms with Crippen LogP contribution < -0.4 is 0 Å². The molecule has 4 nitrogen and oxygen atoms in total. The van der Waals surface area contributed by atoms with E-state index in [9.17, 15) is 9.59 Å². The molecule has 2 aromatic rings. The van der Waals surface area contributed by atoms with E-state index in [1.54, 1.807) is 0 Å². The number of carbonyl (C=O) groups excluding carboxylic acids is 2. The van der Waals surface area contributed by atoms with Crippen molar-refractivity contribution < 1.29 is 14.4 Å². The van der Waals surface area contributed by atoms with Crippen molar-refractivity contribution in [2.45, 2.75) is 58.8 Å². The lowest BCUT2D eigenvalue weighted by Gasteiger charge is -2.29. The van der Waals surface area contributed by atoms with Gasteiger partial charge in [-0.05, 0) is 47.6 Å². The molecule has 0 unspecified atom stereocenters. The molecule has 0 spiro atoms. The number of carbonyl (C=O) groups is 2. The first-order valence-corrected chi connectivity index (χ1v) is 10.0. The van der Waals surface area contributed by atoms with Crippen molar-refractivity contribution in [3.05, 3.63) is 59.2 Å². The summed E-state index contributed by atoms with van der Waals surface area (Å²) < 4.78 is 0. The summed E-state index contributed by atoms with van der Waals surface area (Å²) in [6, 6.07) is 14.4. The SMILES string of the molecule is CCC/C(=N\OC(C)=O)C(=O)c1ccc2c(c1)C(CC)(CC)c1ccccc1-2. The van der Waals surface area contributed by atoms with Crippen molar-refractivity contribution in [1.82, 2.24) is 0 Å². The third kappa shape index (κ3) is 3.28. The first-order valence-electron chi connectivity index (χ1n) is 10.0. The second-order valence-corrected chi connectivity index (χ2v) is 7.30. The molecule has 2 aromatic carbocycles. The Morgan fingerprint density at radius 1 is 0.964 bits per heavy atom. The molecular formula is C24H27NO3. The molecule has 1 aliphatic carbocycles. The summed E-state index contributed by atoms with van der Waals surface area (Å²) >= 11 is 0. The van der Waals surface area contributed by atoms with E-state index in [-0.39, 0.29) is 16.9 Å². The fourth-order valence-corrected chi connectivity index (χ4v) is 4.33. The fraction of sp³-hybridized carbons (Fsp3) is 0.375. The van der Waals surface area contributed by atoms with Crippen LogP contribution in [0.15, 0.2) is 47.6 Å². The van der Waals surface area contributed by atoms with Gasteiger partial charge in [0.05, 0.1) is 0 Å². The van der Waals surface area contributed by atoms with Crippen LogP contribution in [0.25, 0.3) is 11.1 Å². The zero-order valence-corrected chi connectivity index (χ0v) is 17.0. The minimum atomic E-state index is -0.526. The summed E-state index contributed by atoms with van der Waals surface area (Å²) in [6.45, 7) is 7.65. The summed E-state index contributed by atoms with van der Waals surface area (Å²) in [6.07, 6.45) is 3.15. The minimum Gasteiger partial charge on any atom is -0.318 e. The number of hydrogen-bond donors (Lipinski definition) is 0. The predicted octanol–water partition coefficient (Wildman–Crippen LogP) is 5.68. The number of hydrogen-bond acceptors (Lipinski definition) is 4. The summed E-state index contributed by atoms with van der Waals surface area (Å²) in [5.74, 6) is -0.704. The van der Waals surface area contributed by atoms with Crippen LogP contribution >= 0.6 is 0 Å². The van der Waals surface area contributed by atoms with Gasteiger partial charge in [-0.15, -0.1) is 0 Å². The van der Waals surface area contributed by atoms with Crippen LogP contribution in [0.3, 0.4) is 0 Å². The molecule has 3 rings (SSSR count). The van der Waals surface area contributed by atoms with E-state index < -0.39 is 5.97 Å². The number of ketones is 1. The van der Waals surface area contributed by atoms with E-state index in [0.29, 0.717) is 12.0 Å². The van der Waals surface area contributed by atoms with Crippen LogP contribution in [0.2, 0.25) is 0 Å². The van der Waals surface area contributed by atoms with Gasteiger partial charge in [-0.1, -0.05) is 68.7 Å². The maximum absolute atomic E-state index is 13.1. The first-order chi connectivity index (χ1) is 13.5. The van der Waals surface area contributed by atoms with Gasteiger partial charge in [0.1, 0.15) is 5.71 Å². The Bertz CT molecular complexity index is 939. The number of Topliss-reactive ketones (excluding diaryl/α,β-unsaturated/α-hetero) is 1. The van der Waals surface area contributed by atoms with E-state index in [4.69, 9.17) is 4.84 Å². The lowest BCUT2D eigenvalue weighted by molar-refractivity contribution is -0.140. The minimum absolute atomic E-state index is 0.0832. The predicted molar refractivity (Wildman–Crippen MR) is 112 cm³/mol. The molecule has 0 aromatic heterocycles. The third-order valence-corrected chi connectivity index (χ3v) is 5.77. The van der Waals surface area contributed by atoms with Crippen molar-refractivity contribution in [2.75, 3.05) is 0 Å². The average Bonchev–Trinajstić information content (AvgIpc) is 3.00. The van der Waals surface area contributed by atoms with Gasteiger partial charge >= 0.3 is 5.97 Å². The lowest BCUT2D eigenvalue weighted by atomic mass is 9.73. The Balaban J connectivity index is 2.09. The van der Waals surface area contributed by atoms with Gasteiger partial charge in [-0.25, -0.2) is 4.79 Å². The molecule has 28 heavy (non-hydrogen) atoms. The van der Waals surface area contributed by atoms with E-state index in [2.05, 4.69) is 43.3 Å². The van der Waals surface area contributed by atoms with Gasteiger partial charge in [-0.2, -0.15) is 0 Å². The Kier molecular flexibility index (Phi) is 5.78. The van der Waals surface area contributed by atoms with E-state index in [1.165, 1.54) is 29.2 Å². The quantitative estimate of drug-likeness (QED) is 0.270. The van der Waals surface area contributed by atoms with Crippen molar-refractivity contribution in [1.29, 1.82) is 0 Å². The average molecular weight is 377 g/mol. The van der Waals surface area contributed by atoms with Gasteiger partial charge < -0.3 is 4.84 Å². The molecule has 0 fully saturated rings. The summed E-state index contributed by atoms with van der Waals surface area (Å²) in [5, 5.41) is 3.82. The highest BCUT2D eigenvalue weighted by Gasteiger charge is 2.40. The van der Waals surface area contributed by atoms with Gasteiger partial charge in [-0.3, -0.25) is 4.79 Å². The van der Waals surface area contributed by atoms with Crippen LogP contribution in [0.4, 0.5) is 0 Å². The Morgan fingerprint density at radius 2 is 1.64 bits per heavy atom. The second-order valence-electron chi connectivity index (χ2n) is 7.30. The third-order valence-electron chi connectivity index (χ3n) is 5.77. The first kappa shape index (κ1) is 20.0. The molecule has 1 aliphatic rings. The molecule has 0 saturated carbocycles. The fourth-order valence-electron chi connectivity index (χ4n) is 4.33. The zero-order chi connectivity index (χ0) is 20.3. The van der Waals surface area contributed by atoms with Crippen molar-refractivity contribution in [2.24, 2.45) is 5.16 Å². The molecule has 0 aliphatic heterocycles. The van der Waals surface area contributed by atoms with Crippen LogP contribution in [-0.2, 0) is 15.0 Å². The molecule has 0 atom stereocenters. The van der Waals surface area contributed by atoms with Crippen molar-refractivity contribution in [3.63, 3.8) is 0 Å². The molecule has 0 N–H and O–H groups in total. The molecule has 4 heteroatoms. The van der Waals surface area contributed by atoms with Gasteiger partial charge in [0, 0.05) is 17.9 Å². The molecule has 0 bridgehead atoms. The van der Waals surface area contributed by atoms with E-state index in [0.717, 1.165) is 19.3 Å². The molecule has 0 heterocycles. The van der Waals surface area contributed by atoms with Crippen LogP contribution in [0.1, 0.15) is 74.9 Å². The monoisotopic (exact) mass is 377 g/mol. The highest BCUT2D eigenvalue weighted by molar-refractivity contribution is 6.46. The number of benzene rings is 2. The standard InChI is InChI=1S/C24H27NO3/c1-5-10-22(25-28-16(4)26)23(27)17-13-14-19-18-11-8-9-12-20(18)24(6-2,7-3)21(19)15-17/h8-9,11-15H,5-7,10H2,1-4H3/b25-22+. The molecular weight excluding hydrogens is 350 g/mol. The van der Waals surface area contributed by atoms with Crippen molar-refractivity contribution in [3.8, 4) is 11.1 Å². The maximum Gasteiger partial charge on any atom is 0.331 e. The Labute approximate surface area is 166 Å². The molecule has 146 valence electrons. The summed E-state index contributed by atoms with van der Waals surface area (Å²) in [5.41, 5.74) is 5.78. The Hall–Kier alpha value is -2.75. The van der Waals surface area contributed by atoms with Gasteiger partial charge in [0.25, 0.3) is 0 Å². The topological polar surface area (TPSA) is 55.7 Å². The highest BCUT2D eigenvalue weighted by Crippen LogP contribution is 2.52. The normalized spacial score (nSPS) is 14.4. The number of oxime groups is 1. The van der Waals surface area contributed by atoms with Gasteiger partial charge in [0.15, 0.2) is 0 Å². The number of rotatable bonds is 7. The maximum atomic E-state index is 13.1. The molecule has 0 radical (unpaired) electrons. The van der Waals surface area contributed by atoms with Crippen LogP contribution in [0.5, 0.6) is 0 Å². The number of nitrogens with zero attached hydrogens (tertiary/aromatic N) is 1. The van der Waals surface area contributed by atoms with Crippen LogP contribution in [-0.4, -0.2) is 17.5 Å².